The number of amides is 2. The van der Waals surface area contributed by atoms with Crippen LogP contribution in [0.15, 0.2) is 36.8 Å². The number of likely N-dealkylation sites (tertiary alicyclic amines) is 1. The monoisotopic (exact) mass is 371 g/mol. The Labute approximate surface area is 159 Å². The van der Waals surface area contributed by atoms with Crippen LogP contribution < -0.4 is 19.7 Å². The first-order valence-electron chi connectivity index (χ1n) is 8.89. The van der Waals surface area contributed by atoms with Crippen LogP contribution in [0.2, 0.25) is 0 Å². The summed E-state index contributed by atoms with van der Waals surface area (Å²) in [7, 11) is 5.19. The second kappa shape index (κ2) is 8.57. The predicted molar refractivity (Wildman–Crippen MR) is 104 cm³/mol. The number of rotatable bonds is 5. The van der Waals surface area contributed by atoms with Gasteiger partial charge in [-0.3, -0.25) is 0 Å². The summed E-state index contributed by atoms with van der Waals surface area (Å²) in [6.45, 7) is 1.39. The summed E-state index contributed by atoms with van der Waals surface area (Å²) < 4.78 is 10.5. The Morgan fingerprint density at radius 1 is 1.19 bits per heavy atom. The van der Waals surface area contributed by atoms with Crippen LogP contribution in [0.5, 0.6) is 11.5 Å². The molecule has 0 unspecified atom stereocenters. The molecule has 27 heavy (non-hydrogen) atoms. The van der Waals surface area contributed by atoms with Gasteiger partial charge in [-0.25, -0.2) is 14.8 Å². The standard InChI is InChI=1S/C19H25N5O3/c1-23(18-6-9-20-13-21-18)15-7-10-24(11-8-15)19(25)22-14-4-5-16(26-2)17(12-14)27-3/h4-6,9,12-13,15H,7-8,10-11H2,1-3H3,(H,22,25). The molecule has 1 aromatic carbocycles. The highest BCUT2D eigenvalue weighted by molar-refractivity contribution is 5.89. The number of hydrogen-bond donors (Lipinski definition) is 1. The molecule has 2 amide bonds. The fourth-order valence-electron chi connectivity index (χ4n) is 3.25. The molecule has 1 saturated heterocycles. The van der Waals surface area contributed by atoms with Gasteiger partial charge in [0.2, 0.25) is 0 Å². The lowest BCUT2D eigenvalue weighted by Crippen LogP contribution is -2.47. The Bertz CT molecular complexity index is 763. The second-order valence-electron chi connectivity index (χ2n) is 6.40. The lowest BCUT2D eigenvalue weighted by molar-refractivity contribution is 0.194. The zero-order valence-electron chi connectivity index (χ0n) is 15.9. The second-order valence-corrected chi connectivity index (χ2v) is 6.40. The SMILES string of the molecule is COc1ccc(NC(=O)N2CCC(N(C)c3ccncn3)CC2)cc1OC. The van der Waals surface area contributed by atoms with Crippen molar-refractivity contribution >= 4 is 17.5 Å². The van der Waals surface area contributed by atoms with E-state index < -0.39 is 0 Å². The molecule has 144 valence electrons. The largest absolute Gasteiger partial charge is 0.493 e. The van der Waals surface area contributed by atoms with Gasteiger partial charge in [-0.1, -0.05) is 0 Å². The van der Waals surface area contributed by atoms with Gasteiger partial charge in [0.25, 0.3) is 0 Å². The number of carbonyl (C=O) groups is 1. The Morgan fingerprint density at radius 2 is 1.93 bits per heavy atom. The highest BCUT2D eigenvalue weighted by Gasteiger charge is 2.26. The average molecular weight is 371 g/mol. The van der Waals surface area contributed by atoms with Crippen molar-refractivity contribution in [2.75, 3.05) is 44.6 Å². The van der Waals surface area contributed by atoms with E-state index in [4.69, 9.17) is 9.47 Å². The first-order chi connectivity index (χ1) is 13.1. The lowest BCUT2D eigenvalue weighted by Gasteiger charge is -2.37. The van der Waals surface area contributed by atoms with E-state index in [1.165, 1.54) is 0 Å². The molecule has 1 N–H and O–H groups in total. The number of aromatic nitrogens is 2. The van der Waals surface area contributed by atoms with Crippen LogP contribution in [-0.2, 0) is 0 Å². The number of ether oxygens (including phenoxy) is 2. The van der Waals surface area contributed by atoms with E-state index in [-0.39, 0.29) is 6.03 Å². The predicted octanol–water partition coefficient (Wildman–Crippen LogP) is 2.63. The van der Waals surface area contributed by atoms with Crippen molar-refractivity contribution in [3.63, 3.8) is 0 Å². The molecule has 2 aromatic rings. The molecule has 1 aliphatic rings. The molecule has 0 bridgehead atoms. The smallest absolute Gasteiger partial charge is 0.321 e. The Hall–Kier alpha value is -3.03. The van der Waals surface area contributed by atoms with Crippen molar-refractivity contribution in [2.24, 2.45) is 0 Å². The van der Waals surface area contributed by atoms with Crippen molar-refractivity contribution in [3.05, 3.63) is 36.8 Å². The van der Waals surface area contributed by atoms with E-state index in [9.17, 15) is 4.79 Å². The summed E-state index contributed by atoms with van der Waals surface area (Å²) in [5, 5.41) is 2.93. The van der Waals surface area contributed by atoms with Crippen molar-refractivity contribution in [1.29, 1.82) is 0 Å². The summed E-state index contributed by atoms with van der Waals surface area (Å²) in [5.74, 6) is 2.11. The van der Waals surface area contributed by atoms with E-state index >= 15 is 0 Å². The first kappa shape index (κ1) is 18.8. The fourth-order valence-corrected chi connectivity index (χ4v) is 3.25. The number of nitrogens with one attached hydrogen (secondary N) is 1. The molecule has 1 fully saturated rings. The number of nitrogens with zero attached hydrogens (tertiary/aromatic N) is 4. The number of benzene rings is 1. The molecule has 8 heteroatoms. The van der Waals surface area contributed by atoms with Crippen LogP contribution in [0.3, 0.4) is 0 Å². The summed E-state index contributed by atoms with van der Waals surface area (Å²) in [6.07, 6.45) is 5.07. The molecule has 0 atom stereocenters. The van der Waals surface area contributed by atoms with Gasteiger partial charge in [-0.05, 0) is 31.0 Å². The molecule has 0 radical (unpaired) electrons. The molecule has 0 aliphatic carbocycles. The molecule has 2 heterocycles. The quantitative estimate of drug-likeness (QED) is 0.870. The number of hydrogen-bond acceptors (Lipinski definition) is 6. The Kier molecular flexibility index (Phi) is 5.95. The van der Waals surface area contributed by atoms with Crippen LogP contribution in [0, 0.1) is 0 Å². The highest BCUT2D eigenvalue weighted by Crippen LogP contribution is 2.30. The molecular weight excluding hydrogens is 346 g/mol. The van der Waals surface area contributed by atoms with Gasteiger partial charge in [0.15, 0.2) is 11.5 Å². The van der Waals surface area contributed by atoms with Gasteiger partial charge in [0.1, 0.15) is 12.1 Å². The minimum atomic E-state index is -0.106. The third kappa shape index (κ3) is 4.39. The van der Waals surface area contributed by atoms with Gasteiger partial charge in [0.05, 0.1) is 14.2 Å². The van der Waals surface area contributed by atoms with Gasteiger partial charge in [-0.2, -0.15) is 0 Å². The normalized spacial score (nSPS) is 14.6. The van der Waals surface area contributed by atoms with Crippen LogP contribution in [-0.4, -0.2) is 61.3 Å². The number of piperidine rings is 1. The maximum atomic E-state index is 12.6. The molecule has 1 aliphatic heterocycles. The fraction of sp³-hybridized carbons (Fsp3) is 0.421. The minimum Gasteiger partial charge on any atom is -0.493 e. The highest BCUT2D eigenvalue weighted by atomic mass is 16.5. The van der Waals surface area contributed by atoms with Crippen LogP contribution in [0.1, 0.15) is 12.8 Å². The van der Waals surface area contributed by atoms with E-state index in [2.05, 4.69) is 20.2 Å². The minimum absolute atomic E-state index is 0.106. The maximum Gasteiger partial charge on any atom is 0.321 e. The van der Waals surface area contributed by atoms with Crippen molar-refractivity contribution in [1.82, 2.24) is 14.9 Å². The van der Waals surface area contributed by atoms with Crippen LogP contribution in [0.4, 0.5) is 16.3 Å². The van der Waals surface area contributed by atoms with Gasteiger partial charge >= 0.3 is 6.03 Å². The molecule has 3 rings (SSSR count). The third-order valence-corrected chi connectivity index (χ3v) is 4.86. The summed E-state index contributed by atoms with van der Waals surface area (Å²) in [6, 6.07) is 7.48. The zero-order chi connectivity index (χ0) is 19.2. The lowest BCUT2D eigenvalue weighted by atomic mass is 10.0. The van der Waals surface area contributed by atoms with Crippen LogP contribution >= 0.6 is 0 Å². The van der Waals surface area contributed by atoms with Crippen molar-refractivity contribution < 1.29 is 14.3 Å². The third-order valence-electron chi connectivity index (χ3n) is 4.86. The Balaban J connectivity index is 1.56. The number of methoxy groups -OCH3 is 2. The average Bonchev–Trinajstić information content (AvgIpc) is 2.73. The van der Waals surface area contributed by atoms with Gasteiger partial charge in [-0.15, -0.1) is 0 Å². The number of carbonyl (C=O) groups excluding carboxylic acids is 1. The topological polar surface area (TPSA) is 79.8 Å². The van der Waals surface area contributed by atoms with Gasteiger partial charge in [0, 0.05) is 44.1 Å². The van der Waals surface area contributed by atoms with Crippen molar-refractivity contribution in [2.45, 2.75) is 18.9 Å². The van der Waals surface area contributed by atoms with Crippen molar-refractivity contribution in [3.8, 4) is 11.5 Å². The molecule has 8 nitrogen and oxygen atoms in total. The van der Waals surface area contributed by atoms with Gasteiger partial charge < -0.3 is 24.6 Å². The van der Waals surface area contributed by atoms with E-state index in [1.54, 1.807) is 44.9 Å². The van der Waals surface area contributed by atoms with E-state index in [0.29, 0.717) is 36.3 Å². The summed E-state index contributed by atoms with van der Waals surface area (Å²) in [5.41, 5.74) is 0.679. The Morgan fingerprint density at radius 3 is 2.56 bits per heavy atom. The summed E-state index contributed by atoms with van der Waals surface area (Å²) in [4.78, 5) is 24.8. The van der Waals surface area contributed by atoms with E-state index in [1.807, 2.05) is 18.0 Å². The number of urea groups is 1. The first-order valence-corrected chi connectivity index (χ1v) is 8.89. The van der Waals surface area contributed by atoms with Crippen LogP contribution in [0.25, 0.3) is 0 Å². The molecule has 0 saturated carbocycles. The molecule has 0 spiro atoms. The van der Waals surface area contributed by atoms with E-state index in [0.717, 1.165) is 18.7 Å². The number of anilines is 2. The molecule has 1 aromatic heterocycles. The zero-order valence-corrected chi connectivity index (χ0v) is 15.9. The maximum absolute atomic E-state index is 12.6. The summed E-state index contributed by atoms with van der Waals surface area (Å²) >= 11 is 0. The molecular formula is C19H25N5O3.